The van der Waals surface area contributed by atoms with Crippen LogP contribution in [0.5, 0.6) is 0 Å². The van der Waals surface area contributed by atoms with Gasteiger partial charge in [0.05, 0.1) is 0 Å². The molecule has 0 aromatic carbocycles. The monoisotopic (exact) mass is 268 g/mol. The molecule has 3 heteroatoms. The highest BCUT2D eigenvalue weighted by Crippen LogP contribution is 2.31. The summed E-state index contributed by atoms with van der Waals surface area (Å²) in [4.78, 5) is 14.8. The first kappa shape index (κ1) is 16.5. The van der Waals surface area contributed by atoms with Gasteiger partial charge in [0.25, 0.3) is 0 Å². The summed E-state index contributed by atoms with van der Waals surface area (Å²) >= 11 is 0. The van der Waals surface area contributed by atoms with Gasteiger partial charge in [-0.2, -0.15) is 0 Å². The molecule has 1 aliphatic carbocycles. The number of rotatable bonds is 6. The lowest BCUT2D eigenvalue weighted by Crippen LogP contribution is -2.46. The van der Waals surface area contributed by atoms with Gasteiger partial charge < -0.3 is 10.6 Å². The number of carbonyl (C=O) groups is 1. The number of hydrogen-bond donors (Lipinski definition) is 1. The largest absolute Gasteiger partial charge is 0.340 e. The van der Waals surface area contributed by atoms with Crippen molar-refractivity contribution in [1.29, 1.82) is 0 Å². The molecule has 1 amide bonds. The van der Waals surface area contributed by atoms with E-state index in [2.05, 4.69) is 32.6 Å². The van der Waals surface area contributed by atoms with E-state index in [0.717, 1.165) is 32.2 Å². The molecule has 0 saturated heterocycles. The average Bonchev–Trinajstić information content (AvgIpc) is 2.36. The van der Waals surface area contributed by atoms with E-state index in [4.69, 9.17) is 5.73 Å². The fraction of sp³-hybridized carbons (Fsp3) is 0.938. The molecule has 0 aromatic rings. The first-order valence-electron chi connectivity index (χ1n) is 8.03. The van der Waals surface area contributed by atoms with E-state index in [9.17, 15) is 4.79 Å². The Morgan fingerprint density at radius 3 is 2.58 bits per heavy atom. The zero-order valence-electron chi connectivity index (χ0n) is 13.2. The minimum atomic E-state index is 0.146. The van der Waals surface area contributed by atoms with Crippen LogP contribution in [0, 0.1) is 11.8 Å². The molecule has 3 atom stereocenters. The van der Waals surface area contributed by atoms with Gasteiger partial charge in [-0.15, -0.1) is 0 Å². The van der Waals surface area contributed by atoms with Crippen LogP contribution >= 0.6 is 0 Å². The molecule has 0 bridgehead atoms. The van der Waals surface area contributed by atoms with Crippen LogP contribution in [-0.2, 0) is 4.79 Å². The van der Waals surface area contributed by atoms with Crippen LogP contribution in [0.4, 0.5) is 0 Å². The molecule has 0 heterocycles. The van der Waals surface area contributed by atoms with Crippen molar-refractivity contribution in [3.63, 3.8) is 0 Å². The Balaban J connectivity index is 2.63. The van der Waals surface area contributed by atoms with E-state index < -0.39 is 0 Å². The zero-order valence-corrected chi connectivity index (χ0v) is 13.2. The number of nitrogens with zero attached hydrogens (tertiary/aromatic N) is 1. The number of amides is 1. The Labute approximate surface area is 118 Å². The van der Waals surface area contributed by atoms with Crippen LogP contribution in [0.25, 0.3) is 0 Å². The van der Waals surface area contributed by atoms with Gasteiger partial charge in [-0.05, 0) is 45.4 Å². The van der Waals surface area contributed by atoms with Crippen molar-refractivity contribution in [2.24, 2.45) is 17.6 Å². The summed E-state index contributed by atoms with van der Waals surface area (Å²) in [5.74, 6) is 0.973. The second kappa shape index (κ2) is 7.88. The van der Waals surface area contributed by atoms with Crippen molar-refractivity contribution in [3.05, 3.63) is 0 Å². The number of carbonyl (C=O) groups excluding carboxylic acids is 1. The molecule has 0 aliphatic heterocycles. The molecular weight excluding hydrogens is 236 g/mol. The number of nitrogens with two attached hydrogens (primary N) is 1. The van der Waals surface area contributed by atoms with Crippen LogP contribution in [0.3, 0.4) is 0 Å². The number of unbranched alkanes of at least 4 members (excludes halogenated alkanes) is 2. The lowest BCUT2D eigenvalue weighted by atomic mass is 9.77. The van der Waals surface area contributed by atoms with Gasteiger partial charge in [-0.1, -0.05) is 26.7 Å². The molecule has 0 aromatic heterocycles. The molecule has 19 heavy (non-hydrogen) atoms. The van der Waals surface area contributed by atoms with Crippen LogP contribution in [0.1, 0.15) is 66.2 Å². The molecule has 1 fully saturated rings. The highest BCUT2D eigenvalue weighted by atomic mass is 16.2. The van der Waals surface area contributed by atoms with Crippen molar-refractivity contribution < 1.29 is 4.79 Å². The van der Waals surface area contributed by atoms with Crippen LogP contribution in [0.15, 0.2) is 0 Å². The second-order valence-corrected chi connectivity index (χ2v) is 6.49. The lowest BCUT2D eigenvalue weighted by molar-refractivity contribution is -0.140. The summed E-state index contributed by atoms with van der Waals surface area (Å²) in [6, 6.07) is 0.518. The average molecular weight is 268 g/mol. The Bertz CT molecular complexity index is 278. The standard InChI is InChI=1S/C16H32N2O/c1-5-6-7-10-18(12(2)3)16(19)15-11-14(17)9-8-13(15)4/h12-15H,5-11,17H2,1-4H3. The van der Waals surface area contributed by atoms with Crippen molar-refractivity contribution in [2.45, 2.75) is 78.3 Å². The minimum Gasteiger partial charge on any atom is -0.340 e. The predicted molar refractivity (Wildman–Crippen MR) is 80.9 cm³/mol. The fourth-order valence-corrected chi connectivity index (χ4v) is 3.07. The molecule has 3 unspecified atom stereocenters. The summed E-state index contributed by atoms with van der Waals surface area (Å²) in [5, 5.41) is 0. The maximum Gasteiger partial charge on any atom is 0.226 e. The molecule has 1 aliphatic rings. The topological polar surface area (TPSA) is 46.3 Å². The van der Waals surface area contributed by atoms with E-state index in [1.165, 1.54) is 12.8 Å². The zero-order chi connectivity index (χ0) is 14.4. The summed E-state index contributed by atoms with van der Waals surface area (Å²) in [5.41, 5.74) is 6.05. The maximum absolute atomic E-state index is 12.8. The summed E-state index contributed by atoms with van der Waals surface area (Å²) in [6.07, 6.45) is 6.56. The highest BCUT2D eigenvalue weighted by Gasteiger charge is 2.34. The van der Waals surface area contributed by atoms with Gasteiger partial charge in [0.15, 0.2) is 0 Å². The Morgan fingerprint density at radius 2 is 2.00 bits per heavy atom. The van der Waals surface area contributed by atoms with E-state index in [1.807, 2.05) is 0 Å². The van der Waals surface area contributed by atoms with Gasteiger partial charge in [-0.3, -0.25) is 4.79 Å². The molecule has 3 nitrogen and oxygen atoms in total. The van der Waals surface area contributed by atoms with Crippen molar-refractivity contribution >= 4 is 5.91 Å². The van der Waals surface area contributed by atoms with Crippen molar-refractivity contribution in [1.82, 2.24) is 4.90 Å². The highest BCUT2D eigenvalue weighted by molar-refractivity contribution is 5.79. The molecule has 0 radical (unpaired) electrons. The third-order valence-corrected chi connectivity index (χ3v) is 4.46. The van der Waals surface area contributed by atoms with Crippen LogP contribution in [0.2, 0.25) is 0 Å². The Hall–Kier alpha value is -0.570. The van der Waals surface area contributed by atoms with Gasteiger partial charge >= 0.3 is 0 Å². The van der Waals surface area contributed by atoms with Gasteiger partial charge in [0, 0.05) is 24.5 Å². The van der Waals surface area contributed by atoms with Crippen molar-refractivity contribution in [3.8, 4) is 0 Å². The SMILES string of the molecule is CCCCCN(C(=O)C1CC(N)CCC1C)C(C)C. The maximum atomic E-state index is 12.8. The van der Waals surface area contributed by atoms with E-state index in [-0.39, 0.29) is 12.0 Å². The second-order valence-electron chi connectivity index (χ2n) is 6.49. The third-order valence-electron chi connectivity index (χ3n) is 4.46. The molecule has 112 valence electrons. The smallest absolute Gasteiger partial charge is 0.226 e. The van der Waals surface area contributed by atoms with Gasteiger partial charge in [0.1, 0.15) is 0 Å². The van der Waals surface area contributed by atoms with Crippen LogP contribution < -0.4 is 5.73 Å². The molecule has 0 spiro atoms. The van der Waals surface area contributed by atoms with E-state index >= 15 is 0 Å². The van der Waals surface area contributed by atoms with E-state index in [0.29, 0.717) is 17.9 Å². The summed E-state index contributed by atoms with van der Waals surface area (Å²) in [7, 11) is 0. The summed E-state index contributed by atoms with van der Waals surface area (Å²) in [6.45, 7) is 9.56. The van der Waals surface area contributed by atoms with Gasteiger partial charge in [0.2, 0.25) is 5.91 Å². The Kier molecular flexibility index (Phi) is 6.84. The summed E-state index contributed by atoms with van der Waals surface area (Å²) < 4.78 is 0. The lowest BCUT2D eigenvalue weighted by Gasteiger charge is -2.37. The first-order chi connectivity index (χ1) is 8.97. The normalized spacial score (nSPS) is 27.6. The molecule has 1 saturated carbocycles. The fourth-order valence-electron chi connectivity index (χ4n) is 3.07. The quantitative estimate of drug-likeness (QED) is 0.752. The van der Waals surface area contributed by atoms with Crippen molar-refractivity contribution in [2.75, 3.05) is 6.54 Å². The minimum absolute atomic E-state index is 0.146. The van der Waals surface area contributed by atoms with E-state index in [1.54, 1.807) is 0 Å². The third kappa shape index (κ3) is 4.79. The number of hydrogen-bond acceptors (Lipinski definition) is 2. The molecular formula is C16H32N2O. The molecule has 2 N–H and O–H groups in total. The van der Waals surface area contributed by atoms with Crippen LogP contribution in [-0.4, -0.2) is 29.4 Å². The van der Waals surface area contributed by atoms with Gasteiger partial charge in [-0.25, -0.2) is 0 Å². The first-order valence-corrected chi connectivity index (χ1v) is 8.03. The Morgan fingerprint density at radius 1 is 1.32 bits per heavy atom. The predicted octanol–water partition coefficient (Wildman–Crippen LogP) is 3.18. The molecule has 1 rings (SSSR count).